The van der Waals surface area contributed by atoms with E-state index < -0.39 is 0 Å². The van der Waals surface area contributed by atoms with Crippen molar-refractivity contribution in [3.05, 3.63) is 300 Å². The summed E-state index contributed by atoms with van der Waals surface area (Å²) in [5.74, 6) is 0.398. The summed E-state index contributed by atoms with van der Waals surface area (Å²) in [6.45, 7) is 0. The van der Waals surface area contributed by atoms with Crippen molar-refractivity contribution in [1.82, 2.24) is 0 Å². The minimum Gasteiger partial charge on any atom is -0.383 e. The Morgan fingerprint density at radius 3 is 1.06 bits per heavy atom. The Morgan fingerprint density at radius 2 is 0.597 bits per heavy atom. The molecule has 0 aliphatic heterocycles. The number of nitrogens with zero attached hydrogens (tertiary/aromatic N) is 1. The zero-order chi connectivity index (χ0) is 48.2. The third kappa shape index (κ3) is 7.21. The van der Waals surface area contributed by atoms with Crippen LogP contribution in [0, 0.1) is 5.41 Å². The summed E-state index contributed by atoms with van der Waals surface area (Å²) in [4.78, 5) is 4.65. The van der Waals surface area contributed by atoms with Gasteiger partial charge < -0.3 is 5.73 Å². The predicted octanol–water partition coefficient (Wildman–Crippen LogP) is 16.8. The molecule has 1 spiro atoms. The molecule has 3 nitrogen and oxygen atoms in total. The Labute approximate surface area is 420 Å². The summed E-state index contributed by atoms with van der Waals surface area (Å²) >= 11 is 0. The van der Waals surface area contributed by atoms with Gasteiger partial charge in [0.2, 0.25) is 0 Å². The fourth-order valence-corrected chi connectivity index (χ4v) is 11.4. The van der Waals surface area contributed by atoms with Crippen LogP contribution >= 0.6 is 0 Å². The van der Waals surface area contributed by atoms with Crippen LogP contribution < -0.4 is 5.73 Å². The molecule has 13 rings (SSSR count). The smallest absolute Gasteiger partial charge is 0.154 e. The monoisotopic (exact) mass is 917 g/mol. The van der Waals surface area contributed by atoms with Gasteiger partial charge in [0, 0.05) is 11.1 Å². The van der Waals surface area contributed by atoms with E-state index in [9.17, 15) is 0 Å². The summed E-state index contributed by atoms with van der Waals surface area (Å²) in [5, 5.41) is 9.11. The Balaban J connectivity index is 0.769. The predicted molar refractivity (Wildman–Crippen MR) is 299 cm³/mol. The van der Waals surface area contributed by atoms with Gasteiger partial charge in [-0.1, -0.05) is 224 Å². The summed E-state index contributed by atoms with van der Waals surface area (Å²) in [6.07, 6.45) is 0. The van der Waals surface area contributed by atoms with Gasteiger partial charge in [-0.25, -0.2) is 4.99 Å². The van der Waals surface area contributed by atoms with E-state index in [-0.39, 0.29) is 11.3 Å². The van der Waals surface area contributed by atoms with Crippen molar-refractivity contribution < 1.29 is 0 Å². The molecule has 0 unspecified atom stereocenters. The lowest BCUT2D eigenvalue weighted by Crippen LogP contribution is -2.25. The van der Waals surface area contributed by atoms with Crippen molar-refractivity contribution >= 4 is 11.7 Å². The average molecular weight is 918 g/mol. The van der Waals surface area contributed by atoms with Gasteiger partial charge in [0.25, 0.3) is 0 Å². The molecular formula is C69H47N3. The number of hydrogen-bond donors (Lipinski definition) is 2. The number of nitrogens with one attached hydrogen (secondary N) is 1. The van der Waals surface area contributed by atoms with Crippen LogP contribution in [0.3, 0.4) is 0 Å². The molecule has 2 aliphatic carbocycles. The zero-order valence-electron chi connectivity index (χ0n) is 39.4. The van der Waals surface area contributed by atoms with E-state index in [0.717, 1.165) is 50.1 Å². The summed E-state index contributed by atoms with van der Waals surface area (Å²) < 4.78 is 0. The molecule has 338 valence electrons. The molecule has 2 aliphatic rings. The largest absolute Gasteiger partial charge is 0.383 e. The van der Waals surface area contributed by atoms with Crippen LogP contribution in [-0.4, -0.2) is 11.7 Å². The standard InChI is InChI=1S/C69H47N3/c70-67(57-28-14-26-54(42-57)51-23-11-20-48(39-51)47-19-10-18-46(38-47)45-16-2-1-3-17-45)72-68(71)58-29-15-27-55(43-58)52-24-12-21-49(40-52)50-22-13-25-53(41-50)56-36-37-62-61-32-6-9-35-65(61)69(66(62)44-56)63-33-7-4-30-59(63)60-31-5-8-34-64(60)69/h1-44H,(H3,70,71,72). The first-order chi connectivity index (χ1) is 35.5. The third-order valence-electron chi connectivity index (χ3n) is 14.7. The second-order valence-corrected chi connectivity index (χ2v) is 18.8. The SMILES string of the molecule is N=C(N=C(N)c1cccc(-c2cccc(-c3cccc(-c4ccccc4)c3)c2)c1)c1cccc(-c2cccc(-c3cccc(-c4ccc5c(c4)C4(c6ccccc6-c6ccccc64)c4ccccc4-5)c3)c2)c1. The molecule has 0 fully saturated rings. The van der Waals surface area contributed by atoms with E-state index >= 15 is 0 Å². The Bertz CT molecular complexity index is 3910. The molecule has 3 heteroatoms. The molecule has 0 bridgehead atoms. The van der Waals surface area contributed by atoms with E-state index in [1.807, 2.05) is 36.4 Å². The number of rotatable bonds is 8. The van der Waals surface area contributed by atoms with E-state index in [4.69, 9.17) is 11.1 Å². The number of amidine groups is 2. The van der Waals surface area contributed by atoms with Gasteiger partial charge in [-0.3, -0.25) is 5.41 Å². The van der Waals surface area contributed by atoms with Crippen LogP contribution in [-0.2, 0) is 5.41 Å². The molecule has 0 saturated carbocycles. The van der Waals surface area contributed by atoms with Crippen LogP contribution in [0.4, 0.5) is 0 Å². The summed E-state index contributed by atoms with van der Waals surface area (Å²) in [5.41, 5.74) is 31.8. The van der Waals surface area contributed by atoms with Crippen molar-refractivity contribution in [2.75, 3.05) is 0 Å². The fraction of sp³-hybridized carbons (Fsp3) is 0.0145. The van der Waals surface area contributed by atoms with Gasteiger partial charge in [0.1, 0.15) is 5.84 Å². The summed E-state index contributed by atoms with van der Waals surface area (Å²) in [7, 11) is 0. The highest BCUT2D eigenvalue weighted by Gasteiger charge is 2.51. The average Bonchev–Trinajstić information content (AvgIpc) is 3.93. The van der Waals surface area contributed by atoms with Crippen LogP contribution in [0.2, 0.25) is 0 Å². The second kappa shape index (κ2) is 17.5. The maximum absolute atomic E-state index is 9.11. The lowest BCUT2D eigenvalue weighted by atomic mass is 9.70. The minimum atomic E-state index is -0.390. The molecule has 72 heavy (non-hydrogen) atoms. The zero-order valence-corrected chi connectivity index (χ0v) is 39.4. The number of nitrogens with two attached hydrogens (primary N) is 1. The molecule has 11 aromatic rings. The van der Waals surface area contributed by atoms with E-state index in [1.54, 1.807) is 0 Å². The third-order valence-corrected chi connectivity index (χ3v) is 14.7. The lowest BCUT2D eigenvalue weighted by Gasteiger charge is -2.30. The number of fused-ring (bicyclic) bond motifs is 10. The van der Waals surface area contributed by atoms with E-state index in [0.29, 0.717) is 11.4 Å². The molecule has 0 saturated heterocycles. The van der Waals surface area contributed by atoms with Gasteiger partial charge >= 0.3 is 0 Å². The van der Waals surface area contributed by atoms with E-state index in [2.05, 4.69) is 236 Å². The fourth-order valence-electron chi connectivity index (χ4n) is 11.4. The van der Waals surface area contributed by atoms with Crippen molar-refractivity contribution in [2.24, 2.45) is 10.7 Å². The highest BCUT2D eigenvalue weighted by Crippen LogP contribution is 2.63. The van der Waals surface area contributed by atoms with E-state index in [1.165, 1.54) is 66.8 Å². The molecular weight excluding hydrogens is 871 g/mol. The van der Waals surface area contributed by atoms with Crippen LogP contribution in [0.25, 0.3) is 89.0 Å². The van der Waals surface area contributed by atoms with Gasteiger partial charge in [0.15, 0.2) is 5.84 Å². The highest BCUT2D eigenvalue weighted by molar-refractivity contribution is 6.10. The number of hydrogen-bond acceptors (Lipinski definition) is 1. The molecule has 0 atom stereocenters. The van der Waals surface area contributed by atoms with Gasteiger partial charge in [-0.15, -0.1) is 0 Å². The van der Waals surface area contributed by atoms with Gasteiger partial charge in [-0.05, 0) is 154 Å². The minimum absolute atomic E-state index is 0.104. The maximum Gasteiger partial charge on any atom is 0.154 e. The van der Waals surface area contributed by atoms with Crippen LogP contribution in [0.1, 0.15) is 33.4 Å². The Kier molecular flexibility index (Phi) is 10.4. The van der Waals surface area contributed by atoms with Gasteiger partial charge in [-0.2, -0.15) is 0 Å². The molecule has 0 aromatic heterocycles. The lowest BCUT2D eigenvalue weighted by molar-refractivity contribution is 0.794. The molecule has 3 N–H and O–H groups in total. The Hall–Kier alpha value is -9.44. The first-order valence-corrected chi connectivity index (χ1v) is 24.5. The molecule has 0 heterocycles. The van der Waals surface area contributed by atoms with Crippen molar-refractivity contribution in [3.63, 3.8) is 0 Å². The maximum atomic E-state index is 9.11. The first kappa shape index (κ1) is 42.6. The van der Waals surface area contributed by atoms with Crippen molar-refractivity contribution in [3.8, 4) is 89.0 Å². The number of benzene rings is 11. The first-order valence-electron chi connectivity index (χ1n) is 24.5. The quantitative estimate of drug-likeness (QED) is 0.116. The molecule has 11 aromatic carbocycles. The Morgan fingerprint density at radius 1 is 0.278 bits per heavy atom. The molecule has 0 amide bonds. The second-order valence-electron chi connectivity index (χ2n) is 18.8. The topological polar surface area (TPSA) is 62.2 Å². The molecule has 0 radical (unpaired) electrons. The van der Waals surface area contributed by atoms with Crippen LogP contribution in [0.15, 0.2) is 272 Å². The number of aliphatic imine (C=N–C) groups is 1. The van der Waals surface area contributed by atoms with Crippen LogP contribution in [0.5, 0.6) is 0 Å². The highest BCUT2D eigenvalue weighted by atomic mass is 14.9. The normalized spacial score (nSPS) is 12.8. The van der Waals surface area contributed by atoms with Crippen molar-refractivity contribution in [1.29, 1.82) is 5.41 Å². The van der Waals surface area contributed by atoms with Crippen molar-refractivity contribution in [2.45, 2.75) is 5.41 Å². The summed E-state index contributed by atoms with van der Waals surface area (Å²) in [6, 6.07) is 95.3. The van der Waals surface area contributed by atoms with Gasteiger partial charge in [0.05, 0.1) is 5.41 Å².